The minimum atomic E-state index is 0.0413. The van der Waals surface area contributed by atoms with Crippen LogP contribution in [0.15, 0.2) is 70.7 Å². The van der Waals surface area contributed by atoms with Crippen LogP contribution in [-0.2, 0) is 11.3 Å². The van der Waals surface area contributed by atoms with Gasteiger partial charge >= 0.3 is 0 Å². The molecule has 0 radical (unpaired) electrons. The second-order valence-corrected chi connectivity index (χ2v) is 7.64. The number of amides is 1. The van der Waals surface area contributed by atoms with E-state index in [-0.39, 0.29) is 5.91 Å². The number of carbonyl (C=O) groups is 1. The number of thioether (sulfide) groups is 1. The molecule has 3 aromatic rings. The van der Waals surface area contributed by atoms with Crippen molar-refractivity contribution in [1.82, 2.24) is 9.47 Å². The number of para-hydroxylation sites is 1. The molecule has 1 amide bonds. The molecule has 28 heavy (non-hydrogen) atoms. The molecule has 0 spiro atoms. The maximum absolute atomic E-state index is 12.8. The van der Waals surface area contributed by atoms with Crippen molar-refractivity contribution in [2.45, 2.75) is 20.4 Å². The summed E-state index contributed by atoms with van der Waals surface area (Å²) in [4.78, 5) is 19.8. The van der Waals surface area contributed by atoms with Gasteiger partial charge in [-0.25, -0.2) is 0 Å². The number of rotatable bonds is 5. The second kappa shape index (κ2) is 8.07. The Hall–Kier alpha value is -2.79. The van der Waals surface area contributed by atoms with Crippen molar-refractivity contribution < 1.29 is 4.79 Å². The largest absolute Gasteiger partial charge is 0.342 e. The lowest BCUT2D eigenvalue weighted by Crippen LogP contribution is -2.28. The van der Waals surface area contributed by atoms with Crippen LogP contribution in [-0.4, -0.2) is 33.6 Å². The Bertz CT molecular complexity index is 1070. The van der Waals surface area contributed by atoms with Gasteiger partial charge in [0.2, 0.25) is 0 Å². The van der Waals surface area contributed by atoms with Crippen molar-refractivity contribution in [3.05, 3.63) is 76.8 Å². The van der Waals surface area contributed by atoms with Gasteiger partial charge in [-0.1, -0.05) is 48.5 Å². The van der Waals surface area contributed by atoms with E-state index in [1.165, 1.54) is 22.8 Å². The van der Waals surface area contributed by atoms with Crippen LogP contribution in [0.4, 0.5) is 0 Å². The number of hydrogen-bond acceptors (Lipinski definition) is 3. The van der Waals surface area contributed by atoms with Crippen LogP contribution in [0.2, 0.25) is 0 Å². The van der Waals surface area contributed by atoms with E-state index in [0.29, 0.717) is 13.1 Å². The van der Waals surface area contributed by atoms with Gasteiger partial charge in [-0.15, -0.1) is 0 Å². The van der Waals surface area contributed by atoms with E-state index >= 15 is 0 Å². The Labute approximate surface area is 169 Å². The van der Waals surface area contributed by atoms with Crippen molar-refractivity contribution in [3.63, 3.8) is 0 Å². The molecule has 1 aromatic heterocycles. The van der Waals surface area contributed by atoms with Crippen molar-refractivity contribution in [2.75, 3.05) is 13.1 Å². The van der Waals surface area contributed by atoms with Crippen LogP contribution in [0.3, 0.4) is 0 Å². The predicted molar refractivity (Wildman–Crippen MR) is 118 cm³/mol. The van der Waals surface area contributed by atoms with Crippen LogP contribution in [0, 0.1) is 0 Å². The quantitative estimate of drug-likeness (QED) is 0.576. The number of fused-ring (bicyclic) bond motifs is 1. The van der Waals surface area contributed by atoms with Gasteiger partial charge in [0.1, 0.15) is 0 Å². The summed E-state index contributed by atoms with van der Waals surface area (Å²) in [5, 5.41) is 1.96. The number of hydrogen-bond donors (Lipinski definition) is 0. The van der Waals surface area contributed by atoms with E-state index in [2.05, 4.69) is 58.2 Å². The van der Waals surface area contributed by atoms with E-state index in [0.717, 1.165) is 27.6 Å². The molecule has 0 bridgehead atoms. The first-order valence-corrected chi connectivity index (χ1v) is 10.4. The zero-order valence-corrected chi connectivity index (χ0v) is 16.9. The smallest absolute Gasteiger partial charge is 0.266 e. The third kappa shape index (κ3) is 3.50. The molecule has 4 nitrogen and oxygen atoms in total. The van der Waals surface area contributed by atoms with Gasteiger partial charge in [-0.05, 0) is 43.3 Å². The highest BCUT2D eigenvalue weighted by Crippen LogP contribution is 2.34. The normalized spacial score (nSPS) is 17.4. The third-order valence-electron chi connectivity index (χ3n) is 4.80. The lowest BCUT2D eigenvalue weighted by atomic mass is 10.1. The van der Waals surface area contributed by atoms with Crippen LogP contribution in [0.1, 0.15) is 25.0 Å². The average molecular weight is 390 g/mol. The molecule has 0 atom stereocenters. The highest BCUT2D eigenvalue weighted by atomic mass is 32.2. The predicted octanol–water partition coefficient (Wildman–Crippen LogP) is 5.00. The molecule has 1 aliphatic heterocycles. The highest BCUT2D eigenvalue weighted by molar-refractivity contribution is 8.18. The molecule has 0 saturated carbocycles. The monoisotopic (exact) mass is 389 g/mol. The van der Waals surface area contributed by atoms with E-state index in [4.69, 9.17) is 0 Å². The van der Waals surface area contributed by atoms with Crippen LogP contribution >= 0.6 is 11.8 Å². The standard InChI is InChI=1S/C23H23N3OS/c1-3-24-23-26(4-2)22(27)21(28-23)14-18-16-25(15-17-10-6-5-7-11-17)20-13-9-8-12-19(18)20/h5-14,16H,3-4,15H2,1-2H3/b21-14+,24-23?. The summed E-state index contributed by atoms with van der Waals surface area (Å²) in [6, 6.07) is 18.8. The summed E-state index contributed by atoms with van der Waals surface area (Å²) in [5.41, 5.74) is 3.49. The average Bonchev–Trinajstić information content (AvgIpc) is 3.21. The third-order valence-corrected chi connectivity index (χ3v) is 5.84. The summed E-state index contributed by atoms with van der Waals surface area (Å²) >= 11 is 1.47. The van der Waals surface area contributed by atoms with Gasteiger partial charge in [0.05, 0.1) is 4.91 Å². The first-order chi connectivity index (χ1) is 13.7. The van der Waals surface area contributed by atoms with Crippen LogP contribution < -0.4 is 0 Å². The van der Waals surface area contributed by atoms with E-state index < -0.39 is 0 Å². The molecule has 0 unspecified atom stereocenters. The number of nitrogens with zero attached hydrogens (tertiary/aromatic N) is 3. The van der Waals surface area contributed by atoms with Crippen LogP contribution in [0.5, 0.6) is 0 Å². The fourth-order valence-electron chi connectivity index (χ4n) is 3.48. The maximum atomic E-state index is 12.8. The minimum absolute atomic E-state index is 0.0413. The maximum Gasteiger partial charge on any atom is 0.266 e. The fourth-order valence-corrected chi connectivity index (χ4v) is 4.58. The first kappa shape index (κ1) is 18.6. The van der Waals surface area contributed by atoms with Crippen LogP contribution in [0.25, 0.3) is 17.0 Å². The molecule has 0 N–H and O–H groups in total. The van der Waals surface area contributed by atoms with E-state index in [9.17, 15) is 4.79 Å². The molecule has 1 saturated heterocycles. The summed E-state index contributed by atoms with van der Waals surface area (Å²) in [6.45, 7) is 6.09. The summed E-state index contributed by atoms with van der Waals surface area (Å²) in [5.74, 6) is 0.0413. The number of amidine groups is 1. The molecular formula is C23H23N3OS. The molecule has 0 aliphatic carbocycles. The molecule has 2 aromatic carbocycles. The molecular weight excluding hydrogens is 366 g/mol. The van der Waals surface area contributed by atoms with Gasteiger partial charge in [0.15, 0.2) is 5.17 Å². The van der Waals surface area contributed by atoms with Crippen molar-refractivity contribution >= 4 is 39.8 Å². The summed E-state index contributed by atoms with van der Waals surface area (Å²) in [6.07, 6.45) is 4.15. The minimum Gasteiger partial charge on any atom is -0.342 e. The van der Waals surface area contributed by atoms with Crippen molar-refractivity contribution in [1.29, 1.82) is 0 Å². The fraction of sp³-hybridized carbons (Fsp3) is 0.217. The Morgan fingerprint density at radius 1 is 1.04 bits per heavy atom. The number of aliphatic imine (C=N–C) groups is 1. The van der Waals surface area contributed by atoms with Gasteiger partial charge in [0.25, 0.3) is 5.91 Å². The SMILES string of the molecule is CCN=C1S/C(=C/c2cn(Cc3ccccc3)c3ccccc23)C(=O)N1CC. The zero-order valence-electron chi connectivity index (χ0n) is 16.1. The van der Waals surface area contributed by atoms with Crippen molar-refractivity contribution in [2.24, 2.45) is 4.99 Å². The number of likely N-dealkylation sites (N-methyl/N-ethyl adjacent to an activating group) is 1. The lowest BCUT2D eigenvalue weighted by Gasteiger charge is -2.11. The molecule has 1 fully saturated rings. The van der Waals surface area contributed by atoms with E-state index in [1.807, 2.05) is 32.1 Å². The van der Waals surface area contributed by atoms with E-state index in [1.54, 1.807) is 4.90 Å². The molecule has 5 heteroatoms. The Balaban J connectivity index is 1.74. The molecule has 142 valence electrons. The Kier molecular flexibility index (Phi) is 5.35. The zero-order chi connectivity index (χ0) is 19.5. The molecule has 4 rings (SSSR count). The first-order valence-electron chi connectivity index (χ1n) is 9.59. The second-order valence-electron chi connectivity index (χ2n) is 6.63. The van der Waals surface area contributed by atoms with Gasteiger partial charge in [0, 0.05) is 42.3 Å². The summed E-state index contributed by atoms with van der Waals surface area (Å²) in [7, 11) is 0. The Morgan fingerprint density at radius 2 is 1.79 bits per heavy atom. The van der Waals surface area contributed by atoms with Gasteiger partial charge in [-0.3, -0.25) is 14.7 Å². The molecule has 2 heterocycles. The van der Waals surface area contributed by atoms with Gasteiger partial charge in [-0.2, -0.15) is 0 Å². The topological polar surface area (TPSA) is 37.6 Å². The van der Waals surface area contributed by atoms with Crippen molar-refractivity contribution in [3.8, 4) is 0 Å². The number of benzene rings is 2. The Morgan fingerprint density at radius 3 is 2.54 bits per heavy atom. The number of aromatic nitrogens is 1. The summed E-state index contributed by atoms with van der Waals surface area (Å²) < 4.78 is 2.25. The molecule has 1 aliphatic rings. The lowest BCUT2D eigenvalue weighted by molar-refractivity contribution is -0.122. The van der Waals surface area contributed by atoms with Gasteiger partial charge < -0.3 is 4.57 Å². The number of carbonyl (C=O) groups excluding carboxylic acids is 1. The highest BCUT2D eigenvalue weighted by Gasteiger charge is 2.32.